The Morgan fingerprint density at radius 3 is 1.77 bits per heavy atom. The van der Waals surface area contributed by atoms with Gasteiger partial charge in [-0.25, -0.2) is 4.79 Å². The van der Waals surface area contributed by atoms with E-state index in [9.17, 15) is 24.3 Å². The van der Waals surface area contributed by atoms with E-state index in [2.05, 4.69) is 20.9 Å². The van der Waals surface area contributed by atoms with Crippen molar-refractivity contribution in [1.82, 2.24) is 16.0 Å². The summed E-state index contributed by atoms with van der Waals surface area (Å²) in [6.07, 6.45) is 2.16. The molecule has 0 fully saturated rings. The average molecular weight is 597 g/mol. The van der Waals surface area contributed by atoms with Crippen LogP contribution in [0.1, 0.15) is 43.2 Å². The Morgan fingerprint density at radius 2 is 1.21 bits per heavy atom. The highest BCUT2D eigenvalue weighted by Gasteiger charge is 2.30. The number of carbonyl (C=O) groups excluding carboxylic acids is 3. The van der Waals surface area contributed by atoms with Crippen LogP contribution in [0.3, 0.4) is 0 Å². The second kappa shape index (κ2) is 18.8. The van der Waals surface area contributed by atoms with Gasteiger partial charge in [0.25, 0.3) is 0 Å². The number of guanidine groups is 1. The molecule has 43 heavy (non-hydrogen) atoms. The Bertz CT molecular complexity index is 1190. The fourth-order valence-corrected chi connectivity index (χ4v) is 4.37. The molecule has 2 rings (SSSR count). The van der Waals surface area contributed by atoms with Crippen LogP contribution < -0.4 is 38.9 Å². The molecule has 12 N–H and O–H groups in total. The first-order chi connectivity index (χ1) is 20.6. The van der Waals surface area contributed by atoms with E-state index in [1.165, 1.54) is 0 Å². The Hall–Kier alpha value is -4.49. The highest BCUT2D eigenvalue weighted by atomic mass is 16.4. The summed E-state index contributed by atoms with van der Waals surface area (Å²) in [4.78, 5) is 55.7. The van der Waals surface area contributed by atoms with Gasteiger partial charge in [-0.3, -0.25) is 19.4 Å². The lowest BCUT2D eigenvalue weighted by atomic mass is 10.0. The van der Waals surface area contributed by atoms with Gasteiger partial charge in [0, 0.05) is 13.0 Å². The number of benzene rings is 2. The number of carbonyl (C=O) groups is 4. The molecule has 3 amide bonds. The molecule has 0 bridgehead atoms. The predicted octanol–water partition coefficient (Wildman–Crippen LogP) is -0.479. The van der Waals surface area contributed by atoms with E-state index in [-0.39, 0.29) is 38.2 Å². The Kier molecular flexibility index (Phi) is 15.2. The molecular formula is C30H44N8O5. The lowest BCUT2D eigenvalue weighted by Gasteiger charge is -2.25. The van der Waals surface area contributed by atoms with E-state index in [0.29, 0.717) is 25.8 Å². The summed E-state index contributed by atoms with van der Waals surface area (Å²) in [7, 11) is 0. The number of unbranched alkanes of at least 4 members (excludes halogenated alkanes) is 1. The highest BCUT2D eigenvalue weighted by molar-refractivity contribution is 5.94. The van der Waals surface area contributed by atoms with Gasteiger partial charge in [-0.05, 0) is 56.2 Å². The summed E-state index contributed by atoms with van der Waals surface area (Å²) in [5, 5.41) is 17.6. The van der Waals surface area contributed by atoms with E-state index >= 15 is 0 Å². The summed E-state index contributed by atoms with van der Waals surface area (Å²) < 4.78 is 0. The number of aliphatic carboxylic acids is 1. The molecule has 0 aliphatic rings. The summed E-state index contributed by atoms with van der Waals surface area (Å²) in [5.41, 5.74) is 24.1. The molecule has 2 aromatic rings. The van der Waals surface area contributed by atoms with Crippen molar-refractivity contribution in [3.8, 4) is 0 Å². The first-order valence-electron chi connectivity index (χ1n) is 14.3. The number of nitrogens with one attached hydrogen (secondary N) is 3. The zero-order chi connectivity index (χ0) is 31.6. The summed E-state index contributed by atoms with van der Waals surface area (Å²) >= 11 is 0. The fourth-order valence-electron chi connectivity index (χ4n) is 4.37. The van der Waals surface area contributed by atoms with Crippen molar-refractivity contribution >= 4 is 29.7 Å². The van der Waals surface area contributed by atoms with Crippen LogP contribution >= 0.6 is 0 Å². The molecule has 13 nitrogen and oxygen atoms in total. The van der Waals surface area contributed by atoms with Crippen LogP contribution in [-0.4, -0.2) is 72.0 Å². The third-order valence-electron chi connectivity index (χ3n) is 6.69. The number of nitrogens with zero attached hydrogens (tertiary/aromatic N) is 1. The van der Waals surface area contributed by atoms with Gasteiger partial charge in [0.15, 0.2) is 5.96 Å². The zero-order valence-corrected chi connectivity index (χ0v) is 24.3. The van der Waals surface area contributed by atoms with Crippen molar-refractivity contribution in [2.24, 2.45) is 27.9 Å². The first-order valence-corrected chi connectivity index (χ1v) is 14.3. The molecule has 0 heterocycles. The van der Waals surface area contributed by atoms with Crippen molar-refractivity contribution in [3.63, 3.8) is 0 Å². The molecule has 0 radical (unpaired) electrons. The zero-order valence-electron chi connectivity index (χ0n) is 24.3. The van der Waals surface area contributed by atoms with Crippen LogP contribution in [0.5, 0.6) is 0 Å². The van der Waals surface area contributed by atoms with Gasteiger partial charge in [0.05, 0.1) is 6.04 Å². The maximum Gasteiger partial charge on any atom is 0.326 e. The number of hydrogen-bond acceptors (Lipinski definition) is 7. The topological polar surface area (TPSA) is 241 Å². The molecule has 0 aromatic heterocycles. The standard InChI is InChI=1S/C30H44N8O5/c31-16-8-7-14-24(29(42)43)37-28(41)25(19-21-12-5-2-6-13-21)38-27(40)23(15-9-17-35-30(33)34)36-26(39)22(32)18-20-10-3-1-4-11-20/h1-6,10-13,22-25H,7-9,14-19,31-32H2,(H,36,39)(H,37,41)(H,38,40)(H,42,43)(H4,33,34,35)/t22-,23+,24-,25-/m0/s1. The minimum Gasteiger partial charge on any atom is -0.480 e. The summed E-state index contributed by atoms with van der Waals surface area (Å²) in [6, 6.07) is 13.9. The Balaban J connectivity index is 2.22. The fraction of sp³-hybridized carbons (Fsp3) is 0.433. The lowest BCUT2D eigenvalue weighted by molar-refractivity contribution is -0.142. The third kappa shape index (κ3) is 13.4. The molecule has 2 aromatic carbocycles. The van der Waals surface area contributed by atoms with Crippen LogP contribution in [0.25, 0.3) is 0 Å². The molecule has 0 unspecified atom stereocenters. The number of nitrogens with two attached hydrogens (primary N) is 4. The molecule has 0 spiro atoms. The molecule has 234 valence electrons. The highest BCUT2D eigenvalue weighted by Crippen LogP contribution is 2.09. The second-order valence-electron chi connectivity index (χ2n) is 10.2. The van der Waals surface area contributed by atoms with Gasteiger partial charge in [-0.1, -0.05) is 60.7 Å². The van der Waals surface area contributed by atoms with Gasteiger partial charge in [0.1, 0.15) is 18.1 Å². The van der Waals surface area contributed by atoms with Gasteiger partial charge < -0.3 is 44.0 Å². The molecule has 0 saturated heterocycles. The number of aliphatic imine (C=N–C) groups is 1. The molecule has 0 saturated carbocycles. The van der Waals surface area contributed by atoms with Gasteiger partial charge >= 0.3 is 5.97 Å². The molecule has 0 aliphatic heterocycles. The van der Waals surface area contributed by atoms with E-state index < -0.39 is 47.9 Å². The van der Waals surface area contributed by atoms with Crippen molar-refractivity contribution in [2.75, 3.05) is 13.1 Å². The number of carboxylic acid groups (broad SMARTS) is 1. The monoisotopic (exact) mass is 596 g/mol. The molecule has 13 heteroatoms. The van der Waals surface area contributed by atoms with E-state index in [4.69, 9.17) is 22.9 Å². The SMILES string of the molecule is NCCCC[C@H](NC(=O)[C@H](Cc1ccccc1)NC(=O)[C@@H](CCCN=C(N)N)NC(=O)[C@@H](N)Cc1ccccc1)C(=O)O. The van der Waals surface area contributed by atoms with Crippen LogP contribution in [0.2, 0.25) is 0 Å². The Morgan fingerprint density at radius 1 is 0.698 bits per heavy atom. The van der Waals surface area contributed by atoms with E-state index in [1.807, 2.05) is 36.4 Å². The first kappa shape index (κ1) is 34.7. The lowest BCUT2D eigenvalue weighted by Crippen LogP contribution is -2.57. The maximum absolute atomic E-state index is 13.6. The minimum atomic E-state index is -1.19. The normalized spacial score (nSPS) is 13.5. The van der Waals surface area contributed by atoms with Crippen LogP contribution in [0.4, 0.5) is 0 Å². The number of carboxylic acids is 1. The van der Waals surface area contributed by atoms with Crippen molar-refractivity contribution in [3.05, 3.63) is 71.8 Å². The van der Waals surface area contributed by atoms with Gasteiger partial charge in [-0.15, -0.1) is 0 Å². The molecular weight excluding hydrogens is 552 g/mol. The smallest absolute Gasteiger partial charge is 0.326 e. The summed E-state index contributed by atoms with van der Waals surface area (Å²) in [5.74, 6) is -3.12. The second-order valence-corrected chi connectivity index (χ2v) is 10.2. The van der Waals surface area contributed by atoms with Gasteiger partial charge in [0.2, 0.25) is 17.7 Å². The number of rotatable bonds is 19. The van der Waals surface area contributed by atoms with Crippen LogP contribution in [0, 0.1) is 0 Å². The van der Waals surface area contributed by atoms with Crippen molar-refractivity contribution in [2.45, 2.75) is 69.1 Å². The van der Waals surface area contributed by atoms with Crippen LogP contribution in [-0.2, 0) is 32.0 Å². The number of amides is 3. The van der Waals surface area contributed by atoms with Gasteiger partial charge in [-0.2, -0.15) is 0 Å². The van der Waals surface area contributed by atoms with Crippen LogP contribution in [0.15, 0.2) is 65.7 Å². The predicted molar refractivity (Wildman–Crippen MR) is 165 cm³/mol. The van der Waals surface area contributed by atoms with E-state index in [0.717, 1.165) is 11.1 Å². The van der Waals surface area contributed by atoms with Crippen molar-refractivity contribution < 1.29 is 24.3 Å². The van der Waals surface area contributed by atoms with E-state index in [1.54, 1.807) is 24.3 Å². The van der Waals surface area contributed by atoms with Crippen molar-refractivity contribution in [1.29, 1.82) is 0 Å². The number of hydrogen-bond donors (Lipinski definition) is 8. The summed E-state index contributed by atoms with van der Waals surface area (Å²) in [6.45, 7) is 0.618. The minimum absolute atomic E-state index is 0.0930. The Labute approximate surface area is 251 Å². The third-order valence-corrected chi connectivity index (χ3v) is 6.69. The largest absolute Gasteiger partial charge is 0.480 e. The molecule has 4 atom stereocenters. The average Bonchev–Trinajstić information content (AvgIpc) is 2.98. The maximum atomic E-state index is 13.6. The quantitative estimate of drug-likeness (QED) is 0.0592. The molecule has 0 aliphatic carbocycles.